The molecule has 0 aliphatic heterocycles. The van der Waals surface area contributed by atoms with Crippen LogP contribution in [0.3, 0.4) is 0 Å². The van der Waals surface area contributed by atoms with Gasteiger partial charge in [0.2, 0.25) is 0 Å². The van der Waals surface area contributed by atoms with Gasteiger partial charge in [0.25, 0.3) is 5.91 Å². The fourth-order valence-electron chi connectivity index (χ4n) is 3.69. The molecule has 0 radical (unpaired) electrons. The maximum Gasteiger partial charge on any atom is 0.272 e. The number of hydrogen-bond acceptors (Lipinski definition) is 4. The number of nitrogens with zero attached hydrogens (tertiary/aromatic N) is 4. The summed E-state index contributed by atoms with van der Waals surface area (Å²) in [4.78, 5) is 12.9. The van der Waals surface area contributed by atoms with E-state index in [1.807, 2.05) is 28.8 Å². The number of rotatable bonds is 5. The van der Waals surface area contributed by atoms with Crippen molar-refractivity contribution in [3.63, 3.8) is 0 Å². The van der Waals surface area contributed by atoms with E-state index in [1.54, 1.807) is 0 Å². The molecule has 1 aliphatic carbocycles. The monoisotopic (exact) mass is 352 g/mol. The zero-order valence-corrected chi connectivity index (χ0v) is 15.2. The second-order valence-electron chi connectivity index (χ2n) is 7.38. The Hall–Kier alpha value is -2.70. The first-order valence-corrected chi connectivity index (χ1v) is 9.30. The van der Waals surface area contributed by atoms with Gasteiger partial charge in [-0.15, -0.1) is 10.2 Å². The summed E-state index contributed by atoms with van der Waals surface area (Å²) in [5.41, 5.74) is 3.49. The second-order valence-corrected chi connectivity index (χ2v) is 7.38. The molecule has 4 rings (SSSR count). The molecule has 3 aromatic heterocycles. The zero-order chi connectivity index (χ0) is 18.1. The molecule has 0 saturated heterocycles. The number of carbonyl (C=O) groups excluding carboxylic acids is 1. The third kappa shape index (κ3) is 3.09. The number of aromatic nitrogens is 5. The third-order valence-corrected chi connectivity index (χ3v) is 4.94. The van der Waals surface area contributed by atoms with E-state index in [4.69, 9.17) is 0 Å². The Kier molecular flexibility index (Phi) is 4.44. The lowest BCUT2D eigenvalue weighted by molar-refractivity contribution is 0.0923. The van der Waals surface area contributed by atoms with Gasteiger partial charge >= 0.3 is 0 Å². The Balaban J connectivity index is 1.63. The average Bonchev–Trinajstić information content (AvgIpc) is 3.25. The van der Waals surface area contributed by atoms with E-state index in [-0.39, 0.29) is 11.9 Å². The molecule has 7 nitrogen and oxygen atoms in total. The van der Waals surface area contributed by atoms with Gasteiger partial charge in [-0.05, 0) is 50.2 Å². The lowest BCUT2D eigenvalue weighted by atomic mass is 9.95. The van der Waals surface area contributed by atoms with Crippen molar-refractivity contribution in [1.29, 1.82) is 0 Å². The summed E-state index contributed by atoms with van der Waals surface area (Å²) in [6.07, 6.45) is 6.86. The van der Waals surface area contributed by atoms with Gasteiger partial charge in [-0.25, -0.2) is 0 Å². The number of nitrogens with one attached hydrogen (secondary N) is 2. The predicted octanol–water partition coefficient (Wildman–Crippen LogP) is 2.85. The molecule has 2 N–H and O–H groups in total. The van der Waals surface area contributed by atoms with Crippen LogP contribution in [0.2, 0.25) is 0 Å². The van der Waals surface area contributed by atoms with Crippen LogP contribution < -0.4 is 5.32 Å². The van der Waals surface area contributed by atoms with Gasteiger partial charge < -0.3 is 5.32 Å². The van der Waals surface area contributed by atoms with Gasteiger partial charge in [-0.1, -0.05) is 19.9 Å². The van der Waals surface area contributed by atoms with Gasteiger partial charge in [-0.3, -0.25) is 14.3 Å². The van der Waals surface area contributed by atoms with Gasteiger partial charge in [-0.2, -0.15) is 5.10 Å². The minimum atomic E-state index is -0.212. The molecule has 0 unspecified atom stereocenters. The second kappa shape index (κ2) is 6.90. The lowest BCUT2D eigenvalue weighted by Gasteiger charge is -2.19. The van der Waals surface area contributed by atoms with Crippen LogP contribution >= 0.6 is 0 Å². The lowest BCUT2D eigenvalue weighted by Crippen LogP contribution is -2.32. The summed E-state index contributed by atoms with van der Waals surface area (Å²) < 4.78 is 1.94. The molecule has 0 aromatic carbocycles. The van der Waals surface area contributed by atoms with E-state index in [1.165, 1.54) is 0 Å². The molecule has 1 atom stereocenters. The Bertz CT molecular complexity index is 925. The Morgan fingerprint density at radius 2 is 2.12 bits per heavy atom. The topological polar surface area (TPSA) is 88.0 Å². The van der Waals surface area contributed by atoms with Crippen LogP contribution in [0.15, 0.2) is 24.4 Å². The van der Waals surface area contributed by atoms with E-state index in [2.05, 4.69) is 39.6 Å². The molecule has 136 valence electrons. The summed E-state index contributed by atoms with van der Waals surface area (Å²) in [5.74, 6) is 1.03. The van der Waals surface area contributed by atoms with Crippen LogP contribution in [0, 0.1) is 5.92 Å². The first kappa shape index (κ1) is 16.8. The molecule has 3 aromatic rings. The molecule has 26 heavy (non-hydrogen) atoms. The molecule has 0 fully saturated rings. The maximum atomic E-state index is 12.9. The van der Waals surface area contributed by atoms with Crippen LogP contribution in [0.4, 0.5) is 0 Å². The van der Waals surface area contributed by atoms with Gasteiger partial charge in [0.05, 0.1) is 6.04 Å². The highest BCUT2D eigenvalue weighted by Crippen LogP contribution is 2.24. The van der Waals surface area contributed by atoms with E-state index in [0.29, 0.717) is 11.6 Å². The highest BCUT2D eigenvalue weighted by atomic mass is 16.2. The van der Waals surface area contributed by atoms with E-state index < -0.39 is 0 Å². The fourth-order valence-corrected chi connectivity index (χ4v) is 3.69. The number of aryl methyl sites for hydroxylation is 1. The Morgan fingerprint density at radius 3 is 2.96 bits per heavy atom. The molecule has 1 aliphatic rings. The predicted molar refractivity (Wildman–Crippen MR) is 97.9 cm³/mol. The summed E-state index contributed by atoms with van der Waals surface area (Å²) in [7, 11) is 0. The number of pyridine rings is 1. The highest BCUT2D eigenvalue weighted by Gasteiger charge is 2.26. The number of hydrogen-bond donors (Lipinski definition) is 2. The van der Waals surface area contributed by atoms with Crippen molar-refractivity contribution < 1.29 is 4.79 Å². The van der Waals surface area contributed by atoms with Gasteiger partial charge in [0.1, 0.15) is 0 Å². The molecular weight excluding hydrogens is 328 g/mol. The number of carbonyl (C=O) groups is 1. The Morgan fingerprint density at radius 1 is 1.27 bits per heavy atom. The summed E-state index contributed by atoms with van der Waals surface area (Å²) in [5, 5.41) is 19.1. The van der Waals surface area contributed by atoms with Crippen molar-refractivity contribution in [2.24, 2.45) is 5.92 Å². The number of fused-ring (bicyclic) bond motifs is 2. The normalized spacial score (nSPS) is 15.2. The van der Waals surface area contributed by atoms with Crippen molar-refractivity contribution in [3.05, 3.63) is 47.2 Å². The molecule has 1 amide bonds. The van der Waals surface area contributed by atoms with Crippen molar-refractivity contribution in [3.8, 4) is 0 Å². The smallest absolute Gasteiger partial charge is 0.272 e. The fraction of sp³-hybridized carbons (Fsp3) is 0.474. The third-order valence-electron chi connectivity index (χ3n) is 4.94. The van der Waals surface area contributed by atoms with Gasteiger partial charge in [0, 0.05) is 17.5 Å². The first-order chi connectivity index (χ1) is 12.6. The molecular formula is C19H24N6O. The summed E-state index contributed by atoms with van der Waals surface area (Å²) in [6.45, 7) is 4.28. The Labute approximate surface area is 152 Å². The quantitative estimate of drug-likeness (QED) is 0.739. The van der Waals surface area contributed by atoms with Gasteiger partial charge in [0.15, 0.2) is 17.2 Å². The van der Waals surface area contributed by atoms with Crippen LogP contribution in [-0.4, -0.2) is 30.7 Å². The number of amides is 1. The van der Waals surface area contributed by atoms with Crippen molar-refractivity contribution in [1.82, 2.24) is 30.1 Å². The molecule has 3 heterocycles. The van der Waals surface area contributed by atoms with Crippen LogP contribution in [0.1, 0.15) is 66.7 Å². The molecule has 0 saturated carbocycles. The summed E-state index contributed by atoms with van der Waals surface area (Å²) in [6, 6.07) is 5.57. The van der Waals surface area contributed by atoms with E-state index in [0.717, 1.165) is 54.8 Å². The van der Waals surface area contributed by atoms with Crippen LogP contribution in [0.25, 0.3) is 5.65 Å². The molecule has 7 heteroatoms. The van der Waals surface area contributed by atoms with E-state index >= 15 is 0 Å². The van der Waals surface area contributed by atoms with Crippen molar-refractivity contribution in [2.45, 2.75) is 52.0 Å². The summed E-state index contributed by atoms with van der Waals surface area (Å²) >= 11 is 0. The van der Waals surface area contributed by atoms with E-state index in [9.17, 15) is 4.79 Å². The minimum absolute atomic E-state index is 0.136. The zero-order valence-electron chi connectivity index (χ0n) is 15.2. The van der Waals surface area contributed by atoms with Crippen molar-refractivity contribution >= 4 is 11.6 Å². The number of H-pyrrole nitrogens is 1. The maximum absolute atomic E-state index is 12.9. The molecule has 0 bridgehead atoms. The number of aromatic amines is 1. The largest absolute Gasteiger partial charge is 0.341 e. The van der Waals surface area contributed by atoms with Crippen molar-refractivity contribution in [2.75, 3.05) is 0 Å². The standard InChI is InChI=1S/C19H24N6O/c1-12(2)11-15(18-24-22-16-9-5-6-10-25(16)18)20-19(26)17-13-7-3-4-8-14(13)21-23-17/h5-6,9-10,12,15H,3-4,7-8,11H2,1-2H3,(H,20,26)(H,21,23)/t15-/m1/s1. The first-order valence-electron chi connectivity index (χ1n) is 9.30. The van der Waals surface area contributed by atoms with Crippen LogP contribution in [0.5, 0.6) is 0 Å². The molecule has 0 spiro atoms. The minimum Gasteiger partial charge on any atom is -0.341 e. The average molecular weight is 352 g/mol. The van der Waals surface area contributed by atoms with Crippen LogP contribution in [-0.2, 0) is 12.8 Å². The highest BCUT2D eigenvalue weighted by molar-refractivity contribution is 5.94. The SMILES string of the molecule is CC(C)C[C@@H](NC(=O)c1n[nH]c2c1CCCC2)c1nnc2ccccn12.